The number of carbonyl (C=O) groups is 2. The molecular formula is C24H23N3O3. The molecule has 0 heterocycles. The summed E-state index contributed by atoms with van der Waals surface area (Å²) in [5.41, 5.74) is 5.70. The Labute approximate surface area is 175 Å². The summed E-state index contributed by atoms with van der Waals surface area (Å²) < 4.78 is 5.73. The minimum atomic E-state index is -0.406. The van der Waals surface area contributed by atoms with E-state index >= 15 is 0 Å². The third-order valence-corrected chi connectivity index (χ3v) is 4.33. The molecule has 3 aromatic carbocycles. The summed E-state index contributed by atoms with van der Waals surface area (Å²) in [6.45, 7) is 2.19. The summed E-state index contributed by atoms with van der Waals surface area (Å²) in [4.78, 5) is 24.0. The number of hydrogen-bond donors (Lipinski definition) is 2. The molecule has 30 heavy (non-hydrogen) atoms. The van der Waals surface area contributed by atoms with Crippen molar-refractivity contribution in [1.29, 1.82) is 0 Å². The number of nitrogens with zero attached hydrogens (tertiary/aromatic N) is 1. The zero-order valence-corrected chi connectivity index (χ0v) is 16.7. The van der Waals surface area contributed by atoms with Crippen LogP contribution >= 0.6 is 0 Å². The van der Waals surface area contributed by atoms with Gasteiger partial charge in [0.25, 0.3) is 11.8 Å². The van der Waals surface area contributed by atoms with E-state index in [0.717, 1.165) is 22.4 Å². The number of amides is 2. The molecule has 2 amide bonds. The van der Waals surface area contributed by atoms with E-state index in [1.54, 1.807) is 12.1 Å². The van der Waals surface area contributed by atoms with E-state index in [0.29, 0.717) is 12.2 Å². The minimum Gasteiger partial charge on any atom is -0.489 e. The largest absolute Gasteiger partial charge is 0.489 e. The van der Waals surface area contributed by atoms with Gasteiger partial charge in [-0.25, -0.2) is 5.43 Å². The second-order valence-corrected chi connectivity index (χ2v) is 6.63. The molecule has 6 heteroatoms. The van der Waals surface area contributed by atoms with Gasteiger partial charge in [-0.05, 0) is 53.9 Å². The van der Waals surface area contributed by atoms with Gasteiger partial charge in [-0.3, -0.25) is 9.59 Å². The second-order valence-electron chi connectivity index (χ2n) is 6.63. The lowest BCUT2D eigenvalue weighted by atomic mass is 10.1. The smallest absolute Gasteiger partial charge is 0.259 e. The molecule has 152 valence electrons. The van der Waals surface area contributed by atoms with Gasteiger partial charge in [-0.15, -0.1) is 0 Å². The zero-order valence-electron chi connectivity index (χ0n) is 16.7. The molecule has 0 aliphatic carbocycles. The van der Waals surface area contributed by atoms with E-state index in [1.165, 1.54) is 6.21 Å². The first-order valence-electron chi connectivity index (χ1n) is 9.54. The lowest BCUT2D eigenvalue weighted by Crippen LogP contribution is -2.35. The maximum absolute atomic E-state index is 12.1. The summed E-state index contributed by atoms with van der Waals surface area (Å²) in [5.74, 6) is 0.0493. The van der Waals surface area contributed by atoms with Crippen LogP contribution in [0.4, 0.5) is 0 Å². The van der Waals surface area contributed by atoms with Gasteiger partial charge in [0.1, 0.15) is 12.4 Å². The number of hydrazone groups is 1. The second kappa shape index (κ2) is 10.6. The third kappa shape index (κ3) is 6.31. The molecule has 0 radical (unpaired) electrons. The van der Waals surface area contributed by atoms with Crippen molar-refractivity contribution < 1.29 is 14.3 Å². The topological polar surface area (TPSA) is 79.8 Å². The average molecular weight is 401 g/mol. The first kappa shape index (κ1) is 20.8. The van der Waals surface area contributed by atoms with Crippen molar-refractivity contribution in [3.8, 4) is 5.75 Å². The first-order valence-corrected chi connectivity index (χ1v) is 9.54. The third-order valence-electron chi connectivity index (χ3n) is 4.33. The van der Waals surface area contributed by atoms with E-state index in [4.69, 9.17) is 4.74 Å². The van der Waals surface area contributed by atoms with Crippen LogP contribution in [0.3, 0.4) is 0 Å². The molecule has 0 unspecified atom stereocenters. The van der Waals surface area contributed by atoms with Crippen LogP contribution in [0.1, 0.15) is 27.0 Å². The van der Waals surface area contributed by atoms with Crippen LogP contribution in [-0.4, -0.2) is 24.6 Å². The lowest BCUT2D eigenvalue weighted by Gasteiger charge is -2.07. The SMILES string of the molecule is Cc1ccccc1C(=O)NCC(=O)N/N=C\c1ccc(OCc2ccccc2)cc1. The number of carbonyl (C=O) groups excluding carboxylic acids is 2. The van der Waals surface area contributed by atoms with Gasteiger partial charge >= 0.3 is 0 Å². The van der Waals surface area contributed by atoms with Gasteiger partial charge in [0, 0.05) is 5.56 Å². The van der Waals surface area contributed by atoms with E-state index in [2.05, 4.69) is 15.8 Å². The van der Waals surface area contributed by atoms with Crippen molar-refractivity contribution in [3.05, 3.63) is 101 Å². The molecule has 6 nitrogen and oxygen atoms in total. The van der Waals surface area contributed by atoms with Crippen molar-refractivity contribution >= 4 is 18.0 Å². The van der Waals surface area contributed by atoms with Gasteiger partial charge in [-0.2, -0.15) is 5.10 Å². The standard InChI is InChI=1S/C24H23N3O3/c1-18-7-5-6-10-22(18)24(29)25-16-23(28)27-26-15-19-11-13-21(14-12-19)30-17-20-8-3-2-4-9-20/h2-15H,16-17H2,1H3,(H,25,29)(H,27,28)/b26-15-. The molecule has 0 aliphatic heterocycles. The van der Waals surface area contributed by atoms with Crippen LogP contribution in [0.5, 0.6) is 5.75 Å². The molecular weight excluding hydrogens is 378 g/mol. The van der Waals surface area contributed by atoms with Gasteiger partial charge in [0.2, 0.25) is 0 Å². The lowest BCUT2D eigenvalue weighted by molar-refractivity contribution is -0.120. The van der Waals surface area contributed by atoms with E-state index in [9.17, 15) is 9.59 Å². The van der Waals surface area contributed by atoms with Gasteiger partial charge in [0.05, 0.1) is 12.8 Å². The molecule has 0 saturated carbocycles. The Morgan fingerprint density at radius 1 is 0.933 bits per heavy atom. The molecule has 3 rings (SSSR count). The predicted octanol–water partition coefficient (Wildman–Crippen LogP) is 3.45. The maximum atomic E-state index is 12.1. The number of hydrogen-bond acceptors (Lipinski definition) is 4. The van der Waals surface area contributed by atoms with E-state index in [1.807, 2.05) is 73.7 Å². The summed E-state index contributed by atoms with van der Waals surface area (Å²) in [5, 5.41) is 6.50. The normalized spacial score (nSPS) is 10.6. The van der Waals surface area contributed by atoms with E-state index in [-0.39, 0.29) is 12.5 Å². The van der Waals surface area contributed by atoms with Crippen LogP contribution in [0.15, 0.2) is 84.0 Å². The van der Waals surface area contributed by atoms with Crippen molar-refractivity contribution in [2.45, 2.75) is 13.5 Å². The predicted molar refractivity (Wildman–Crippen MR) is 116 cm³/mol. The number of ether oxygens (including phenoxy) is 1. The zero-order chi connectivity index (χ0) is 21.2. The fraction of sp³-hybridized carbons (Fsp3) is 0.125. The van der Waals surface area contributed by atoms with Crippen molar-refractivity contribution in [1.82, 2.24) is 10.7 Å². The molecule has 0 saturated heterocycles. The number of nitrogens with one attached hydrogen (secondary N) is 2. The monoisotopic (exact) mass is 401 g/mol. The highest BCUT2D eigenvalue weighted by atomic mass is 16.5. The summed E-state index contributed by atoms with van der Waals surface area (Å²) in [6, 6.07) is 24.5. The Bertz CT molecular complexity index is 1020. The Morgan fingerprint density at radius 3 is 2.37 bits per heavy atom. The average Bonchev–Trinajstić information content (AvgIpc) is 2.78. The highest BCUT2D eigenvalue weighted by Gasteiger charge is 2.09. The van der Waals surface area contributed by atoms with Crippen molar-refractivity contribution in [2.75, 3.05) is 6.54 Å². The Balaban J connectivity index is 1.41. The van der Waals surface area contributed by atoms with Gasteiger partial charge < -0.3 is 10.1 Å². The first-order chi connectivity index (χ1) is 14.6. The number of rotatable bonds is 8. The molecule has 0 bridgehead atoms. The van der Waals surface area contributed by atoms with E-state index < -0.39 is 5.91 Å². The minimum absolute atomic E-state index is 0.156. The van der Waals surface area contributed by atoms with Crippen molar-refractivity contribution in [3.63, 3.8) is 0 Å². The Morgan fingerprint density at radius 2 is 1.63 bits per heavy atom. The summed E-state index contributed by atoms with van der Waals surface area (Å²) in [7, 11) is 0. The maximum Gasteiger partial charge on any atom is 0.259 e. The highest BCUT2D eigenvalue weighted by Crippen LogP contribution is 2.13. The summed E-state index contributed by atoms with van der Waals surface area (Å²) in [6.07, 6.45) is 1.53. The number of benzene rings is 3. The Kier molecular flexibility index (Phi) is 7.33. The van der Waals surface area contributed by atoms with Gasteiger partial charge in [0.15, 0.2) is 0 Å². The highest BCUT2D eigenvalue weighted by molar-refractivity contribution is 5.97. The molecule has 3 aromatic rings. The molecule has 2 N–H and O–H groups in total. The molecule has 0 spiro atoms. The van der Waals surface area contributed by atoms with Gasteiger partial charge in [-0.1, -0.05) is 48.5 Å². The van der Waals surface area contributed by atoms with Crippen LogP contribution in [0, 0.1) is 6.92 Å². The van der Waals surface area contributed by atoms with Crippen LogP contribution < -0.4 is 15.5 Å². The van der Waals surface area contributed by atoms with Crippen LogP contribution in [-0.2, 0) is 11.4 Å². The summed E-state index contributed by atoms with van der Waals surface area (Å²) >= 11 is 0. The quantitative estimate of drug-likeness (QED) is 0.448. The molecule has 0 atom stereocenters. The molecule has 0 fully saturated rings. The van der Waals surface area contributed by atoms with Crippen LogP contribution in [0.25, 0.3) is 0 Å². The van der Waals surface area contributed by atoms with Crippen LogP contribution in [0.2, 0.25) is 0 Å². The Hall–Kier alpha value is -3.93. The molecule has 0 aromatic heterocycles. The molecule has 0 aliphatic rings. The number of aryl methyl sites for hydroxylation is 1. The van der Waals surface area contributed by atoms with Crippen molar-refractivity contribution in [2.24, 2.45) is 5.10 Å². The fourth-order valence-corrected chi connectivity index (χ4v) is 2.69. The fourth-order valence-electron chi connectivity index (χ4n) is 2.69.